The van der Waals surface area contributed by atoms with Crippen molar-refractivity contribution in [2.45, 2.75) is 32.1 Å². The molecule has 0 unspecified atom stereocenters. The highest BCUT2D eigenvalue weighted by Gasteiger charge is 2.18. The molecule has 0 saturated carbocycles. The molecule has 34 heavy (non-hydrogen) atoms. The third-order valence-corrected chi connectivity index (χ3v) is 6.78. The van der Waals surface area contributed by atoms with Crippen LogP contribution in [0, 0.1) is 19.7 Å². The minimum absolute atomic E-state index is 0.0301. The summed E-state index contributed by atoms with van der Waals surface area (Å²) in [5.41, 5.74) is 3.72. The molecule has 2 aromatic heterocycles. The molecule has 0 aliphatic heterocycles. The Morgan fingerprint density at radius 3 is 2.56 bits per heavy atom. The van der Waals surface area contributed by atoms with Gasteiger partial charge in [-0.25, -0.2) is 9.37 Å². The van der Waals surface area contributed by atoms with Gasteiger partial charge in [0.1, 0.15) is 5.82 Å². The summed E-state index contributed by atoms with van der Waals surface area (Å²) in [5, 5.41) is 0.955. The van der Waals surface area contributed by atoms with Crippen molar-refractivity contribution < 1.29 is 13.9 Å². The first-order valence-electron chi connectivity index (χ1n) is 10.9. The predicted octanol–water partition coefficient (Wildman–Crippen LogP) is 4.62. The van der Waals surface area contributed by atoms with Gasteiger partial charge in [0.05, 0.1) is 29.8 Å². The maximum absolute atomic E-state index is 13.4. The van der Waals surface area contributed by atoms with Crippen LogP contribution in [0.4, 0.5) is 4.39 Å². The fourth-order valence-corrected chi connectivity index (χ4v) is 4.87. The van der Waals surface area contributed by atoms with E-state index in [1.54, 1.807) is 42.0 Å². The lowest BCUT2D eigenvalue weighted by atomic mass is 10.2. The molecule has 0 N–H and O–H groups in total. The molecule has 2 aromatic carbocycles. The predicted molar refractivity (Wildman–Crippen MR) is 132 cm³/mol. The van der Waals surface area contributed by atoms with Crippen LogP contribution >= 0.6 is 11.8 Å². The van der Waals surface area contributed by atoms with Crippen LogP contribution in [0.25, 0.3) is 10.9 Å². The molecule has 2 heterocycles. The highest BCUT2D eigenvalue weighted by atomic mass is 32.2. The smallest absolute Gasteiger partial charge is 0.262 e. The summed E-state index contributed by atoms with van der Waals surface area (Å²) in [4.78, 5) is 31.1. The van der Waals surface area contributed by atoms with Crippen molar-refractivity contribution >= 4 is 28.4 Å². The van der Waals surface area contributed by atoms with Gasteiger partial charge >= 0.3 is 0 Å². The number of aromatic nitrogens is 3. The molecule has 0 aliphatic rings. The standard InChI is InChI=1S/C26H26FN3O3S/c1-17-14-22(18(2)29(17)12-13-33-3)24(31)16-34-26-28-23-7-5-4-6-21(23)25(32)30(26)15-19-8-10-20(27)11-9-19/h4-11,14H,12-13,15-16H2,1-3H3. The van der Waals surface area contributed by atoms with Gasteiger partial charge in [-0.15, -0.1) is 0 Å². The Bertz CT molecular complexity index is 1390. The second-order valence-corrected chi connectivity index (χ2v) is 9.01. The SMILES string of the molecule is COCCn1c(C)cc(C(=O)CSc2nc3ccccc3c(=O)n2Cc2ccc(F)cc2)c1C. The minimum atomic E-state index is -0.337. The first-order valence-corrected chi connectivity index (χ1v) is 11.9. The monoisotopic (exact) mass is 479 g/mol. The van der Waals surface area contributed by atoms with E-state index in [0.29, 0.717) is 34.8 Å². The van der Waals surface area contributed by atoms with Crippen LogP contribution in [0.15, 0.2) is 64.5 Å². The molecule has 0 spiro atoms. The third-order valence-electron chi connectivity index (χ3n) is 5.81. The summed E-state index contributed by atoms with van der Waals surface area (Å²) in [6.45, 7) is 5.38. The summed E-state index contributed by atoms with van der Waals surface area (Å²) in [5.74, 6) is -0.225. The Hall–Kier alpha value is -3.23. The van der Waals surface area contributed by atoms with E-state index < -0.39 is 0 Å². The molecule has 0 bridgehead atoms. The van der Waals surface area contributed by atoms with Gasteiger partial charge in [0.2, 0.25) is 0 Å². The Kier molecular flexibility index (Phi) is 7.29. The quantitative estimate of drug-likeness (QED) is 0.199. The Morgan fingerprint density at radius 2 is 1.82 bits per heavy atom. The molecule has 0 atom stereocenters. The summed E-state index contributed by atoms with van der Waals surface area (Å²) in [7, 11) is 1.65. The topological polar surface area (TPSA) is 66.1 Å². The molecule has 4 rings (SSSR count). The van der Waals surface area contributed by atoms with E-state index in [1.807, 2.05) is 26.0 Å². The van der Waals surface area contributed by atoms with Crippen LogP contribution in [0.3, 0.4) is 0 Å². The third kappa shape index (κ3) is 4.98. The van der Waals surface area contributed by atoms with Gasteiger partial charge in [0.25, 0.3) is 5.56 Å². The van der Waals surface area contributed by atoms with Gasteiger partial charge < -0.3 is 9.30 Å². The minimum Gasteiger partial charge on any atom is -0.383 e. The van der Waals surface area contributed by atoms with Crippen LogP contribution < -0.4 is 5.56 Å². The van der Waals surface area contributed by atoms with Crippen molar-refractivity contribution in [1.82, 2.24) is 14.1 Å². The van der Waals surface area contributed by atoms with Gasteiger partial charge in [-0.1, -0.05) is 36.0 Å². The molecule has 0 aliphatic carbocycles. The molecular formula is C26H26FN3O3S. The van der Waals surface area contributed by atoms with Crippen LogP contribution in [0.1, 0.15) is 27.3 Å². The number of ether oxygens (including phenoxy) is 1. The number of ketones is 1. The number of hydrogen-bond donors (Lipinski definition) is 0. The largest absolute Gasteiger partial charge is 0.383 e. The number of halogens is 1. The van der Waals surface area contributed by atoms with E-state index in [4.69, 9.17) is 4.74 Å². The van der Waals surface area contributed by atoms with Crippen molar-refractivity contribution in [1.29, 1.82) is 0 Å². The second-order valence-electron chi connectivity index (χ2n) is 8.07. The molecule has 0 saturated heterocycles. The van der Waals surface area contributed by atoms with E-state index in [9.17, 15) is 14.0 Å². The highest BCUT2D eigenvalue weighted by molar-refractivity contribution is 7.99. The summed E-state index contributed by atoms with van der Waals surface area (Å²) >= 11 is 1.24. The maximum atomic E-state index is 13.4. The first kappa shape index (κ1) is 23.9. The van der Waals surface area contributed by atoms with Crippen LogP contribution in [0.2, 0.25) is 0 Å². The molecule has 8 heteroatoms. The van der Waals surface area contributed by atoms with E-state index >= 15 is 0 Å². The second kappa shape index (κ2) is 10.4. The molecule has 6 nitrogen and oxygen atoms in total. The lowest BCUT2D eigenvalue weighted by Crippen LogP contribution is -2.24. The van der Waals surface area contributed by atoms with E-state index in [-0.39, 0.29) is 29.5 Å². The number of fused-ring (bicyclic) bond motifs is 1. The number of benzene rings is 2. The average Bonchev–Trinajstić information content (AvgIpc) is 3.12. The molecule has 0 amide bonds. The zero-order valence-electron chi connectivity index (χ0n) is 19.4. The van der Waals surface area contributed by atoms with Crippen molar-refractivity contribution in [2.75, 3.05) is 19.5 Å². The first-order chi connectivity index (χ1) is 16.4. The highest BCUT2D eigenvalue weighted by Crippen LogP contribution is 2.23. The summed E-state index contributed by atoms with van der Waals surface area (Å²) < 4.78 is 22.2. The Labute approximate surface area is 201 Å². The number of para-hydroxylation sites is 1. The number of nitrogens with zero attached hydrogens (tertiary/aromatic N) is 3. The lowest BCUT2D eigenvalue weighted by molar-refractivity contribution is 0.102. The van der Waals surface area contributed by atoms with Gasteiger partial charge in [0, 0.05) is 30.6 Å². The van der Waals surface area contributed by atoms with Crippen LogP contribution in [-0.2, 0) is 17.8 Å². The Balaban J connectivity index is 1.64. The van der Waals surface area contributed by atoms with Crippen molar-refractivity contribution in [2.24, 2.45) is 0 Å². The number of aryl methyl sites for hydroxylation is 1. The number of rotatable bonds is 9. The zero-order valence-corrected chi connectivity index (χ0v) is 20.2. The molecule has 4 aromatic rings. The van der Waals surface area contributed by atoms with E-state index in [2.05, 4.69) is 9.55 Å². The van der Waals surface area contributed by atoms with Gasteiger partial charge in [-0.3, -0.25) is 14.2 Å². The normalized spacial score (nSPS) is 11.3. The number of carbonyl (C=O) groups is 1. The van der Waals surface area contributed by atoms with Crippen molar-refractivity contribution in [3.63, 3.8) is 0 Å². The lowest BCUT2D eigenvalue weighted by Gasteiger charge is -2.13. The van der Waals surface area contributed by atoms with Gasteiger partial charge in [0.15, 0.2) is 10.9 Å². The molecule has 0 fully saturated rings. The summed E-state index contributed by atoms with van der Waals surface area (Å²) in [6.07, 6.45) is 0. The fourth-order valence-electron chi connectivity index (χ4n) is 3.99. The number of hydrogen-bond acceptors (Lipinski definition) is 5. The Morgan fingerprint density at radius 1 is 1.09 bits per heavy atom. The molecular weight excluding hydrogens is 453 g/mol. The molecule has 176 valence electrons. The van der Waals surface area contributed by atoms with Crippen molar-refractivity contribution in [3.8, 4) is 0 Å². The molecule has 0 radical (unpaired) electrons. The van der Waals surface area contributed by atoms with Gasteiger partial charge in [-0.05, 0) is 49.7 Å². The van der Waals surface area contributed by atoms with Crippen LogP contribution in [0.5, 0.6) is 0 Å². The number of thioether (sulfide) groups is 1. The van der Waals surface area contributed by atoms with E-state index in [1.165, 1.54) is 23.9 Å². The van der Waals surface area contributed by atoms with Crippen LogP contribution in [-0.4, -0.2) is 39.4 Å². The number of carbonyl (C=O) groups excluding carboxylic acids is 1. The summed E-state index contributed by atoms with van der Waals surface area (Å²) in [6, 6.07) is 15.1. The number of methoxy groups -OCH3 is 1. The number of Topliss-reactive ketones (excluding diaryl/α,β-unsaturated/α-hetero) is 1. The van der Waals surface area contributed by atoms with Crippen molar-refractivity contribution in [3.05, 3.63) is 93.3 Å². The van der Waals surface area contributed by atoms with Gasteiger partial charge in [-0.2, -0.15) is 0 Å². The van der Waals surface area contributed by atoms with E-state index in [0.717, 1.165) is 17.0 Å². The zero-order chi connectivity index (χ0) is 24.2. The fraction of sp³-hybridized carbons (Fsp3) is 0.269. The maximum Gasteiger partial charge on any atom is 0.262 e. The average molecular weight is 480 g/mol.